The first-order valence-corrected chi connectivity index (χ1v) is 8.45. The van der Waals surface area contributed by atoms with E-state index in [-0.39, 0.29) is 29.6 Å². The number of hydrogen-bond acceptors (Lipinski definition) is 6. The molecule has 2 aliphatic rings. The molecule has 3 amide bonds. The van der Waals surface area contributed by atoms with E-state index in [2.05, 4.69) is 0 Å². The Morgan fingerprint density at radius 2 is 2.08 bits per heavy atom. The van der Waals surface area contributed by atoms with Crippen LogP contribution in [-0.4, -0.2) is 46.2 Å². The van der Waals surface area contributed by atoms with Gasteiger partial charge in [-0.2, -0.15) is 5.01 Å². The van der Waals surface area contributed by atoms with Crippen molar-refractivity contribution in [1.82, 2.24) is 10.0 Å². The molecule has 25 heavy (non-hydrogen) atoms. The molecule has 0 spiro atoms. The summed E-state index contributed by atoms with van der Waals surface area (Å²) < 4.78 is 0. The summed E-state index contributed by atoms with van der Waals surface area (Å²) in [4.78, 5) is 36.4. The molecule has 1 atom stereocenters. The number of benzene rings is 1. The molecule has 0 saturated carbocycles. The van der Waals surface area contributed by atoms with Crippen molar-refractivity contribution < 1.29 is 14.4 Å². The van der Waals surface area contributed by atoms with Crippen LogP contribution in [0, 0.1) is 0 Å². The molecule has 0 radical (unpaired) electrons. The zero-order valence-electron chi connectivity index (χ0n) is 13.4. The Morgan fingerprint density at radius 3 is 2.76 bits per heavy atom. The van der Waals surface area contributed by atoms with Gasteiger partial charge in [-0.05, 0) is 48.4 Å². The molecule has 0 bridgehead atoms. The predicted octanol–water partition coefficient (Wildman–Crippen LogP) is 1.58. The molecule has 9 heteroatoms. The Kier molecular flexibility index (Phi) is 6.23. The Bertz CT molecular complexity index is 740. The summed E-state index contributed by atoms with van der Waals surface area (Å²) in [7, 11) is 0. The smallest absolute Gasteiger partial charge is 0.308 e. The lowest BCUT2D eigenvalue weighted by atomic mass is 10.1. The monoisotopic (exact) mass is 382 g/mol. The highest BCUT2D eigenvalue weighted by molar-refractivity contribution is 8.18. The van der Waals surface area contributed by atoms with Gasteiger partial charge in [-0.15, -0.1) is 12.4 Å². The number of halogens is 1. The molecular formula is C16H19ClN4O3S. The van der Waals surface area contributed by atoms with E-state index in [0.717, 1.165) is 24.6 Å². The zero-order chi connectivity index (χ0) is 17.3. The SMILES string of the molecule is Cl.NC(=O)c1cccc(/C=C2\SC(=O)N(N3CCC[C@H](N)C3)C2=O)c1. The molecule has 4 N–H and O–H groups in total. The number of amides is 3. The third-order valence-corrected chi connectivity index (χ3v) is 4.82. The standard InChI is InChI=1S/C16H18N4O3S.ClH/c17-12-5-2-6-19(9-12)20-15(22)13(24-16(20)23)8-10-3-1-4-11(7-10)14(18)21;/h1,3-4,7-8,12H,2,5-6,9,17H2,(H2,18,21);1H/b13-8-;/t12-;/m0./s1. The molecule has 0 aliphatic carbocycles. The number of carbonyl (C=O) groups excluding carboxylic acids is 3. The Morgan fingerprint density at radius 1 is 1.32 bits per heavy atom. The number of piperidine rings is 1. The minimum absolute atomic E-state index is 0. The van der Waals surface area contributed by atoms with Gasteiger partial charge in [0.15, 0.2) is 0 Å². The van der Waals surface area contributed by atoms with E-state index in [1.165, 1.54) is 5.01 Å². The Hall–Kier alpha value is -1.87. The molecule has 1 aromatic rings. The minimum Gasteiger partial charge on any atom is -0.366 e. The number of imide groups is 1. The molecule has 2 saturated heterocycles. The second kappa shape index (κ2) is 8.01. The summed E-state index contributed by atoms with van der Waals surface area (Å²) in [6.07, 6.45) is 3.34. The Labute approximate surface area is 155 Å². The quantitative estimate of drug-likeness (QED) is 0.768. The lowest BCUT2D eigenvalue weighted by molar-refractivity contribution is -0.136. The first-order chi connectivity index (χ1) is 11.5. The molecule has 2 fully saturated rings. The predicted molar refractivity (Wildman–Crippen MR) is 98.8 cm³/mol. The van der Waals surface area contributed by atoms with Crippen LogP contribution in [0.5, 0.6) is 0 Å². The van der Waals surface area contributed by atoms with E-state index < -0.39 is 5.91 Å². The van der Waals surface area contributed by atoms with Crippen LogP contribution in [0.3, 0.4) is 0 Å². The summed E-state index contributed by atoms with van der Waals surface area (Å²) >= 11 is 0.886. The Balaban J connectivity index is 0.00000225. The average Bonchev–Trinajstić information content (AvgIpc) is 2.81. The second-order valence-electron chi connectivity index (χ2n) is 5.80. The molecule has 0 aromatic heterocycles. The second-order valence-corrected chi connectivity index (χ2v) is 6.79. The number of nitrogens with zero attached hydrogens (tertiary/aromatic N) is 2. The third kappa shape index (κ3) is 4.21. The molecule has 7 nitrogen and oxygen atoms in total. The number of nitrogens with two attached hydrogens (primary N) is 2. The molecule has 2 aliphatic heterocycles. The number of hydrogen-bond donors (Lipinski definition) is 2. The minimum atomic E-state index is -0.541. The largest absolute Gasteiger partial charge is 0.366 e. The molecule has 134 valence electrons. The third-order valence-electron chi connectivity index (χ3n) is 3.96. The summed E-state index contributed by atoms with van der Waals surface area (Å²) in [5.74, 6) is -0.899. The van der Waals surface area contributed by atoms with Gasteiger partial charge in [-0.3, -0.25) is 14.4 Å². The summed E-state index contributed by atoms with van der Waals surface area (Å²) in [5, 5.41) is 2.56. The van der Waals surface area contributed by atoms with Crippen molar-refractivity contribution in [3.63, 3.8) is 0 Å². The number of rotatable bonds is 3. The van der Waals surface area contributed by atoms with E-state index in [4.69, 9.17) is 11.5 Å². The first-order valence-electron chi connectivity index (χ1n) is 7.64. The van der Waals surface area contributed by atoms with Crippen molar-refractivity contribution in [3.8, 4) is 0 Å². The fraction of sp³-hybridized carbons (Fsp3) is 0.312. The van der Waals surface area contributed by atoms with E-state index in [1.807, 2.05) is 0 Å². The van der Waals surface area contributed by atoms with Crippen molar-refractivity contribution in [2.75, 3.05) is 13.1 Å². The van der Waals surface area contributed by atoms with Crippen LogP contribution >= 0.6 is 24.2 Å². The van der Waals surface area contributed by atoms with Crippen LogP contribution in [-0.2, 0) is 4.79 Å². The van der Waals surface area contributed by atoms with Crippen LogP contribution < -0.4 is 11.5 Å². The van der Waals surface area contributed by atoms with Gasteiger partial charge in [-0.25, -0.2) is 5.01 Å². The number of thioether (sulfide) groups is 1. The van der Waals surface area contributed by atoms with Crippen LogP contribution in [0.15, 0.2) is 29.2 Å². The summed E-state index contributed by atoms with van der Waals surface area (Å²) in [6.45, 7) is 1.12. The molecule has 1 aromatic carbocycles. The average molecular weight is 383 g/mol. The summed E-state index contributed by atoms with van der Waals surface area (Å²) in [6, 6.07) is 6.58. The van der Waals surface area contributed by atoms with Gasteiger partial charge in [0.25, 0.3) is 5.91 Å². The maximum atomic E-state index is 12.6. The van der Waals surface area contributed by atoms with E-state index >= 15 is 0 Å². The first kappa shape index (κ1) is 19.5. The van der Waals surface area contributed by atoms with Crippen LogP contribution in [0.25, 0.3) is 6.08 Å². The zero-order valence-corrected chi connectivity index (χ0v) is 15.0. The van der Waals surface area contributed by atoms with Gasteiger partial charge >= 0.3 is 5.24 Å². The van der Waals surface area contributed by atoms with Crippen LogP contribution in [0.1, 0.15) is 28.8 Å². The van der Waals surface area contributed by atoms with Gasteiger partial charge in [-0.1, -0.05) is 12.1 Å². The highest BCUT2D eigenvalue weighted by atomic mass is 35.5. The van der Waals surface area contributed by atoms with E-state index in [0.29, 0.717) is 29.1 Å². The van der Waals surface area contributed by atoms with Crippen LogP contribution in [0.4, 0.5) is 4.79 Å². The normalized spacial score (nSPS) is 23.0. The maximum absolute atomic E-state index is 12.6. The van der Waals surface area contributed by atoms with Crippen molar-refractivity contribution >= 4 is 47.3 Å². The lowest BCUT2D eigenvalue weighted by Crippen LogP contribution is -2.53. The van der Waals surface area contributed by atoms with Crippen molar-refractivity contribution in [1.29, 1.82) is 0 Å². The number of hydrazine groups is 1. The van der Waals surface area contributed by atoms with E-state index in [9.17, 15) is 14.4 Å². The number of primary amides is 1. The van der Waals surface area contributed by atoms with Crippen molar-refractivity contribution in [3.05, 3.63) is 40.3 Å². The molecular weight excluding hydrogens is 364 g/mol. The van der Waals surface area contributed by atoms with E-state index in [1.54, 1.807) is 35.4 Å². The van der Waals surface area contributed by atoms with Gasteiger partial charge in [0.2, 0.25) is 5.91 Å². The fourth-order valence-electron chi connectivity index (χ4n) is 2.81. The van der Waals surface area contributed by atoms with Gasteiger partial charge < -0.3 is 11.5 Å². The summed E-state index contributed by atoms with van der Waals surface area (Å²) in [5.41, 5.74) is 12.2. The van der Waals surface area contributed by atoms with Gasteiger partial charge in [0.1, 0.15) is 0 Å². The highest BCUT2D eigenvalue weighted by Crippen LogP contribution is 2.34. The highest BCUT2D eigenvalue weighted by Gasteiger charge is 2.40. The van der Waals surface area contributed by atoms with Crippen LogP contribution in [0.2, 0.25) is 0 Å². The van der Waals surface area contributed by atoms with Crippen molar-refractivity contribution in [2.24, 2.45) is 11.5 Å². The molecule has 2 heterocycles. The topological polar surface area (TPSA) is 110 Å². The molecule has 0 unspecified atom stereocenters. The molecule has 3 rings (SSSR count). The van der Waals surface area contributed by atoms with Gasteiger partial charge in [0, 0.05) is 24.7 Å². The number of carbonyl (C=O) groups is 3. The maximum Gasteiger partial charge on any atom is 0.308 e. The fourth-order valence-corrected chi connectivity index (χ4v) is 3.65. The lowest BCUT2D eigenvalue weighted by Gasteiger charge is -2.35. The van der Waals surface area contributed by atoms with Crippen molar-refractivity contribution in [2.45, 2.75) is 18.9 Å². The van der Waals surface area contributed by atoms with Gasteiger partial charge in [0.05, 0.1) is 4.91 Å².